The fourth-order valence-electron chi connectivity index (χ4n) is 2.56. The van der Waals surface area contributed by atoms with Gasteiger partial charge in [-0.15, -0.1) is 0 Å². The van der Waals surface area contributed by atoms with E-state index in [1.54, 1.807) is 18.2 Å². The van der Waals surface area contributed by atoms with E-state index in [4.69, 9.17) is 0 Å². The van der Waals surface area contributed by atoms with Crippen LogP contribution in [0.2, 0.25) is 0 Å². The fourth-order valence-corrected chi connectivity index (χ4v) is 2.56. The Balaban J connectivity index is 2.13. The predicted octanol–water partition coefficient (Wildman–Crippen LogP) is 4.32. The first kappa shape index (κ1) is 15.4. The van der Waals surface area contributed by atoms with Gasteiger partial charge in [-0.25, -0.2) is 4.39 Å². The van der Waals surface area contributed by atoms with E-state index >= 15 is 0 Å². The zero-order valence-electron chi connectivity index (χ0n) is 11.6. The topological polar surface area (TPSA) is 37.3 Å². The average Bonchev–Trinajstić information content (AvgIpc) is 2.78. The van der Waals surface area contributed by atoms with E-state index in [-0.39, 0.29) is 16.7 Å². The Morgan fingerprint density at radius 1 is 1.04 bits per heavy atom. The van der Waals surface area contributed by atoms with Crippen LogP contribution in [0.15, 0.2) is 54.1 Å². The molecule has 1 atom stereocenters. The molecular weight excluding hydrogens is 312 g/mol. The zero-order valence-corrected chi connectivity index (χ0v) is 11.6. The maximum atomic E-state index is 14.5. The summed E-state index contributed by atoms with van der Waals surface area (Å²) in [6, 6.07) is 9.97. The molecule has 6 heteroatoms. The van der Waals surface area contributed by atoms with Crippen LogP contribution in [0.1, 0.15) is 33.2 Å². The van der Waals surface area contributed by atoms with Crippen molar-refractivity contribution >= 4 is 11.6 Å². The Morgan fingerprint density at radius 2 is 1.70 bits per heavy atom. The number of hydrogen-bond donors (Lipinski definition) is 1. The molecule has 1 unspecified atom stereocenters. The van der Waals surface area contributed by atoms with Gasteiger partial charge in [-0.1, -0.05) is 36.4 Å². The molecule has 118 valence electrons. The SMILES string of the molecule is O=C1/C(=C(/F)c2ccccc2)C(O)c2cc(C(F)(F)F)ccc21. The fraction of sp³-hybridized carbons (Fsp3) is 0.118. The molecule has 1 N–H and O–H groups in total. The van der Waals surface area contributed by atoms with Crippen molar-refractivity contribution in [1.29, 1.82) is 0 Å². The minimum atomic E-state index is -4.61. The molecule has 0 aliphatic heterocycles. The van der Waals surface area contributed by atoms with E-state index in [2.05, 4.69) is 0 Å². The quantitative estimate of drug-likeness (QED) is 0.627. The van der Waals surface area contributed by atoms with Gasteiger partial charge in [0.15, 0.2) is 5.78 Å². The Kier molecular flexibility index (Phi) is 3.56. The molecule has 0 radical (unpaired) electrons. The number of carbonyl (C=O) groups is 1. The summed E-state index contributed by atoms with van der Waals surface area (Å²) >= 11 is 0. The highest BCUT2D eigenvalue weighted by molar-refractivity contribution is 6.17. The number of hydrogen-bond acceptors (Lipinski definition) is 2. The molecule has 0 saturated carbocycles. The molecule has 0 aromatic heterocycles. The summed E-state index contributed by atoms with van der Waals surface area (Å²) in [6.45, 7) is 0. The lowest BCUT2D eigenvalue weighted by molar-refractivity contribution is -0.137. The number of fused-ring (bicyclic) bond motifs is 1. The second-order valence-electron chi connectivity index (χ2n) is 5.13. The Labute approximate surface area is 128 Å². The molecule has 2 aromatic rings. The first-order valence-electron chi connectivity index (χ1n) is 6.69. The van der Waals surface area contributed by atoms with Crippen LogP contribution in [-0.4, -0.2) is 10.9 Å². The standard InChI is InChI=1S/C17H10F4O2/c18-14(9-4-2-1-3-5-9)13-15(22)11-7-6-10(17(19,20)21)8-12(11)16(13)23/h1-8,16,23H/b14-13-. The van der Waals surface area contributed by atoms with Crippen molar-refractivity contribution < 1.29 is 27.5 Å². The number of Topliss-reactive ketones (excluding diaryl/α,β-unsaturated/α-hetero) is 1. The van der Waals surface area contributed by atoms with Gasteiger partial charge in [-0.2, -0.15) is 13.2 Å². The first-order chi connectivity index (χ1) is 10.8. The Bertz CT molecular complexity index is 807. The van der Waals surface area contributed by atoms with Crippen LogP contribution < -0.4 is 0 Å². The van der Waals surface area contributed by atoms with E-state index in [1.165, 1.54) is 12.1 Å². The predicted molar refractivity (Wildman–Crippen MR) is 75.2 cm³/mol. The van der Waals surface area contributed by atoms with Crippen LogP contribution in [0, 0.1) is 0 Å². The molecule has 1 aliphatic carbocycles. The highest BCUT2D eigenvalue weighted by atomic mass is 19.4. The van der Waals surface area contributed by atoms with Gasteiger partial charge in [0.05, 0.1) is 11.1 Å². The molecule has 0 bridgehead atoms. The molecular formula is C17H10F4O2. The van der Waals surface area contributed by atoms with Gasteiger partial charge in [0.1, 0.15) is 11.9 Å². The number of rotatable bonds is 1. The molecule has 0 spiro atoms. The lowest BCUT2D eigenvalue weighted by Crippen LogP contribution is -2.06. The van der Waals surface area contributed by atoms with Gasteiger partial charge < -0.3 is 5.11 Å². The third kappa shape index (κ3) is 2.55. The molecule has 0 heterocycles. The zero-order chi connectivity index (χ0) is 16.8. The molecule has 0 amide bonds. The van der Waals surface area contributed by atoms with Crippen molar-refractivity contribution in [3.05, 3.63) is 76.4 Å². The summed E-state index contributed by atoms with van der Waals surface area (Å²) in [7, 11) is 0. The number of ketones is 1. The minimum Gasteiger partial charge on any atom is -0.383 e. The van der Waals surface area contributed by atoms with Gasteiger partial charge in [-0.05, 0) is 17.7 Å². The number of aliphatic hydroxyl groups is 1. The van der Waals surface area contributed by atoms with Gasteiger partial charge in [0.25, 0.3) is 0 Å². The number of benzene rings is 2. The second kappa shape index (κ2) is 5.31. The number of carbonyl (C=O) groups excluding carboxylic acids is 1. The van der Waals surface area contributed by atoms with E-state index in [1.807, 2.05) is 0 Å². The highest BCUT2D eigenvalue weighted by Crippen LogP contribution is 2.42. The van der Waals surface area contributed by atoms with Crippen molar-refractivity contribution in [1.82, 2.24) is 0 Å². The molecule has 3 rings (SSSR count). The Hall–Kier alpha value is -2.47. The smallest absolute Gasteiger partial charge is 0.383 e. The van der Waals surface area contributed by atoms with Crippen molar-refractivity contribution in [3.63, 3.8) is 0 Å². The van der Waals surface area contributed by atoms with Crippen molar-refractivity contribution in [2.45, 2.75) is 12.3 Å². The summed E-state index contributed by atoms with van der Waals surface area (Å²) in [5, 5.41) is 10.1. The molecule has 0 fully saturated rings. The maximum Gasteiger partial charge on any atom is 0.416 e. The maximum absolute atomic E-state index is 14.5. The summed E-state index contributed by atoms with van der Waals surface area (Å²) in [6.07, 6.45) is -6.33. The van der Waals surface area contributed by atoms with Crippen LogP contribution in [0.25, 0.3) is 5.83 Å². The molecule has 0 saturated heterocycles. The number of halogens is 4. The normalized spacial score (nSPS) is 19.7. The van der Waals surface area contributed by atoms with Crippen LogP contribution in [0.3, 0.4) is 0 Å². The van der Waals surface area contributed by atoms with Crippen LogP contribution in [0.4, 0.5) is 17.6 Å². The summed E-state index contributed by atoms with van der Waals surface area (Å²) in [5.41, 5.74) is -1.80. The Morgan fingerprint density at radius 3 is 2.30 bits per heavy atom. The summed E-state index contributed by atoms with van der Waals surface area (Å²) in [4.78, 5) is 12.2. The molecule has 2 nitrogen and oxygen atoms in total. The van der Waals surface area contributed by atoms with Crippen LogP contribution in [0.5, 0.6) is 0 Å². The monoisotopic (exact) mass is 322 g/mol. The van der Waals surface area contributed by atoms with Crippen LogP contribution in [-0.2, 0) is 6.18 Å². The minimum absolute atomic E-state index is 0.0822. The molecule has 1 aliphatic rings. The number of aliphatic hydroxyl groups excluding tert-OH is 1. The van der Waals surface area contributed by atoms with Gasteiger partial charge in [-0.3, -0.25) is 4.79 Å². The molecule has 2 aromatic carbocycles. The van der Waals surface area contributed by atoms with Crippen molar-refractivity contribution in [2.75, 3.05) is 0 Å². The number of alkyl halides is 3. The third-order valence-electron chi connectivity index (χ3n) is 3.70. The summed E-state index contributed by atoms with van der Waals surface area (Å²) < 4.78 is 52.8. The second-order valence-corrected chi connectivity index (χ2v) is 5.13. The van der Waals surface area contributed by atoms with E-state index in [0.717, 1.165) is 12.1 Å². The van der Waals surface area contributed by atoms with Crippen LogP contribution >= 0.6 is 0 Å². The molecule has 23 heavy (non-hydrogen) atoms. The van der Waals surface area contributed by atoms with Gasteiger partial charge in [0, 0.05) is 11.1 Å². The summed E-state index contributed by atoms with van der Waals surface area (Å²) in [5.74, 6) is -1.74. The van der Waals surface area contributed by atoms with E-state index < -0.39 is 35.0 Å². The van der Waals surface area contributed by atoms with E-state index in [0.29, 0.717) is 6.07 Å². The highest BCUT2D eigenvalue weighted by Gasteiger charge is 2.39. The largest absolute Gasteiger partial charge is 0.416 e. The average molecular weight is 322 g/mol. The third-order valence-corrected chi connectivity index (χ3v) is 3.70. The van der Waals surface area contributed by atoms with Crippen molar-refractivity contribution in [2.24, 2.45) is 0 Å². The lowest BCUT2D eigenvalue weighted by Gasteiger charge is -2.10. The lowest BCUT2D eigenvalue weighted by atomic mass is 10.0. The van der Waals surface area contributed by atoms with Crippen molar-refractivity contribution in [3.8, 4) is 0 Å². The van der Waals surface area contributed by atoms with E-state index in [9.17, 15) is 27.5 Å². The first-order valence-corrected chi connectivity index (χ1v) is 6.69. The van der Waals surface area contributed by atoms with Gasteiger partial charge >= 0.3 is 6.18 Å². The van der Waals surface area contributed by atoms with Gasteiger partial charge in [0.2, 0.25) is 0 Å².